The highest BCUT2D eigenvalue weighted by Gasteiger charge is 2.37. The molecule has 0 bridgehead atoms. The molecule has 1 N–H and O–H groups in total. The van der Waals surface area contributed by atoms with Crippen molar-refractivity contribution < 1.29 is 32.6 Å². The van der Waals surface area contributed by atoms with E-state index >= 15 is 0 Å². The fourth-order valence-electron chi connectivity index (χ4n) is 6.53. The Bertz CT molecular complexity index is 2140. The van der Waals surface area contributed by atoms with Crippen molar-refractivity contribution in [2.24, 2.45) is 0 Å². The van der Waals surface area contributed by atoms with Crippen LogP contribution in [0.1, 0.15) is 75.4 Å². The van der Waals surface area contributed by atoms with E-state index in [0.717, 1.165) is 26.2 Å². The summed E-state index contributed by atoms with van der Waals surface area (Å²) < 4.78 is 40.5. The van der Waals surface area contributed by atoms with Crippen molar-refractivity contribution in [2.45, 2.75) is 83.6 Å². The first-order valence-corrected chi connectivity index (χ1v) is 18.4. The molecule has 2 aliphatic rings. The maximum atomic E-state index is 13.8. The highest BCUT2D eigenvalue weighted by molar-refractivity contribution is 7.90. The maximum absolute atomic E-state index is 13.8. The van der Waals surface area contributed by atoms with Gasteiger partial charge in [0.25, 0.3) is 15.9 Å². The second kappa shape index (κ2) is 13.2. The monoisotopic (exact) mass is 715 g/mol. The Morgan fingerprint density at radius 1 is 1.08 bits per heavy atom. The van der Waals surface area contributed by atoms with Gasteiger partial charge in [-0.2, -0.15) is 0 Å². The van der Waals surface area contributed by atoms with Gasteiger partial charge >= 0.3 is 6.09 Å². The molecule has 51 heavy (non-hydrogen) atoms. The van der Waals surface area contributed by atoms with Gasteiger partial charge in [0.1, 0.15) is 16.7 Å². The lowest BCUT2D eigenvalue weighted by atomic mass is 9.87. The van der Waals surface area contributed by atoms with E-state index in [4.69, 9.17) is 14.5 Å². The normalized spacial score (nSPS) is 17.0. The molecule has 4 heterocycles. The first-order chi connectivity index (χ1) is 23.8. The average molecular weight is 716 g/mol. The van der Waals surface area contributed by atoms with E-state index in [0.29, 0.717) is 54.0 Å². The molecule has 1 fully saturated rings. The zero-order chi connectivity index (χ0) is 37.0. The van der Waals surface area contributed by atoms with Crippen molar-refractivity contribution in [3.05, 3.63) is 83.2 Å². The van der Waals surface area contributed by atoms with E-state index in [2.05, 4.69) is 11.6 Å². The molecule has 6 rings (SSSR count). The molecule has 2 amide bonds. The van der Waals surface area contributed by atoms with Gasteiger partial charge in [0, 0.05) is 37.0 Å². The molecular formula is C38H45N5O7S. The number of ether oxygens (including phenoxy) is 2. The molecule has 13 heteroatoms. The molecule has 0 radical (unpaired) electrons. The molecule has 2 aromatic heterocycles. The van der Waals surface area contributed by atoms with Crippen molar-refractivity contribution in [3.8, 4) is 11.3 Å². The highest BCUT2D eigenvalue weighted by atomic mass is 32.2. The van der Waals surface area contributed by atoms with E-state index in [1.807, 2.05) is 39.8 Å². The number of rotatable bonds is 6. The number of fused-ring (bicyclic) bond motifs is 2. The Morgan fingerprint density at radius 3 is 2.43 bits per heavy atom. The van der Waals surface area contributed by atoms with Crippen LogP contribution in [-0.2, 0) is 37.3 Å². The minimum Gasteiger partial charge on any atom is -0.444 e. The first kappa shape index (κ1) is 36.2. The van der Waals surface area contributed by atoms with Gasteiger partial charge in [-0.15, -0.1) is 0 Å². The van der Waals surface area contributed by atoms with E-state index in [1.54, 1.807) is 47.2 Å². The fraction of sp³-hybridized carbons (Fsp3) is 0.421. The lowest BCUT2D eigenvalue weighted by Gasteiger charge is -2.40. The Hall–Kier alpha value is -4.59. The highest BCUT2D eigenvalue weighted by Crippen LogP contribution is 2.38. The van der Waals surface area contributed by atoms with Crippen LogP contribution in [0.2, 0.25) is 0 Å². The molecule has 2 aliphatic heterocycles. The summed E-state index contributed by atoms with van der Waals surface area (Å²) in [6.07, 6.45) is 3.08. The lowest BCUT2D eigenvalue weighted by molar-refractivity contribution is -0.148. The number of aliphatic hydroxyl groups is 1. The van der Waals surface area contributed by atoms with E-state index in [1.165, 1.54) is 20.0 Å². The molecule has 12 nitrogen and oxygen atoms in total. The van der Waals surface area contributed by atoms with Crippen LogP contribution in [-0.4, -0.2) is 86.8 Å². The van der Waals surface area contributed by atoms with Crippen molar-refractivity contribution in [1.29, 1.82) is 0 Å². The van der Waals surface area contributed by atoms with Crippen LogP contribution in [0.15, 0.2) is 60.3 Å². The summed E-state index contributed by atoms with van der Waals surface area (Å²) in [6.45, 7) is 17.6. The predicted molar refractivity (Wildman–Crippen MR) is 193 cm³/mol. The van der Waals surface area contributed by atoms with Crippen molar-refractivity contribution in [3.63, 3.8) is 0 Å². The van der Waals surface area contributed by atoms with Crippen LogP contribution in [0.4, 0.5) is 4.79 Å². The van der Waals surface area contributed by atoms with E-state index in [9.17, 15) is 23.1 Å². The minimum atomic E-state index is -4.00. The fourth-order valence-corrected chi connectivity index (χ4v) is 7.84. The number of nitrogens with zero attached hydrogens (tertiary/aromatic N) is 5. The summed E-state index contributed by atoms with van der Waals surface area (Å²) in [6, 6.07) is 10.0. The first-order valence-electron chi connectivity index (χ1n) is 17.0. The summed E-state index contributed by atoms with van der Waals surface area (Å²) in [7, 11) is -4.00. The number of aryl methyl sites for hydroxylation is 1. The Kier molecular flexibility index (Phi) is 9.36. The van der Waals surface area contributed by atoms with Crippen LogP contribution in [0.25, 0.3) is 28.0 Å². The van der Waals surface area contributed by atoms with E-state index in [-0.39, 0.29) is 29.6 Å². The minimum absolute atomic E-state index is 0.129. The van der Waals surface area contributed by atoms with Gasteiger partial charge in [0.2, 0.25) is 0 Å². The number of allylic oxidation sites excluding steroid dienone is 1. The number of benzene rings is 2. The number of carbonyl (C=O) groups is 2. The van der Waals surface area contributed by atoms with Gasteiger partial charge in [-0.3, -0.25) is 9.69 Å². The second-order valence-corrected chi connectivity index (χ2v) is 16.7. The summed E-state index contributed by atoms with van der Waals surface area (Å²) in [5.74, 6) is -0.388. The number of morpholine rings is 1. The molecule has 0 saturated carbocycles. The largest absolute Gasteiger partial charge is 0.444 e. The van der Waals surface area contributed by atoms with Crippen molar-refractivity contribution >= 4 is 38.8 Å². The van der Waals surface area contributed by atoms with Crippen LogP contribution in [0.5, 0.6) is 0 Å². The standard InChI is InChI=1S/C38H45N5O7S/c1-23(2)29-21-43(51(47,48)27-11-9-24(3)10-12-27)34-33(29)40-31(19-39-34)26-17-25-13-14-41(35(44)38(7,8)46)20-30(25)28(18-26)32-22-49-16-15-42(32)36(45)50-37(4,5)6/h9-12,17-19,21,32,46H,1,13-16,20,22H2,2-8H3/t32-/m0/s1. The second-order valence-electron chi connectivity index (χ2n) is 14.9. The van der Waals surface area contributed by atoms with Crippen LogP contribution in [0, 0.1) is 6.92 Å². The summed E-state index contributed by atoms with van der Waals surface area (Å²) in [5.41, 5.74) is 4.18. The maximum Gasteiger partial charge on any atom is 0.410 e. The third-order valence-electron chi connectivity index (χ3n) is 9.10. The van der Waals surface area contributed by atoms with Crippen molar-refractivity contribution in [1.82, 2.24) is 23.7 Å². The SMILES string of the molecule is C=C(C)c1cn(S(=O)(=O)c2ccc(C)cc2)c2ncc(-c3cc4c(c([C@@H]5COCCN5C(=O)OC(C)(C)C)c3)CN(C(=O)C(C)(C)O)CC4)nc12. The van der Waals surface area contributed by atoms with Crippen LogP contribution >= 0.6 is 0 Å². The molecule has 4 aromatic rings. The Labute approximate surface area is 298 Å². The Balaban J connectivity index is 1.50. The van der Waals surface area contributed by atoms with Gasteiger partial charge in [-0.05, 0) is 101 Å². The summed E-state index contributed by atoms with van der Waals surface area (Å²) >= 11 is 0. The van der Waals surface area contributed by atoms with Gasteiger partial charge in [-0.1, -0.05) is 24.3 Å². The summed E-state index contributed by atoms with van der Waals surface area (Å²) in [5, 5.41) is 10.6. The van der Waals surface area contributed by atoms with Gasteiger partial charge in [-0.25, -0.2) is 27.2 Å². The third-order valence-corrected chi connectivity index (χ3v) is 10.8. The summed E-state index contributed by atoms with van der Waals surface area (Å²) in [4.78, 5) is 39.8. The predicted octanol–water partition coefficient (Wildman–Crippen LogP) is 5.64. The van der Waals surface area contributed by atoms with Crippen LogP contribution < -0.4 is 0 Å². The quantitative estimate of drug-likeness (QED) is 0.268. The van der Waals surface area contributed by atoms with E-state index < -0.39 is 33.4 Å². The Morgan fingerprint density at radius 2 is 1.78 bits per heavy atom. The zero-order valence-electron chi connectivity index (χ0n) is 30.2. The number of carbonyl (C=O) groups excluding carboxylic acids is 2. The molecule has 2 aromatic carbocycles. The molecule has 1 atom stereocenters. The smallest absolute Gasteiger partial charge is 0.410 e. The number of amides is 2. The van der Waals surface area contributed by atoms with Gasteiger partial charge < -0.3 is 19.5 Å². The van der Waals surface area contributed by atoms with Gasteiger partial charge in [0.15, 0.2) is 5.65 Å². The number of hydrogen-bond donors (Lipinski definition) is 1. The molecule has 0 aliphatic carbocycles. The molecule has 0 unspecified atom stereocenters. The van der Waals surface area contributed by atoms with Gasteiger partial charge in [0.05, 0.1) is 36.0 Å². The average Bonchev–Trinajstić information content (AvgIpc) is 3.46. The van der Waals surface area contributed by atoms with Crippen molar-refractivity contribution in [2.75, 3.05) is 26.3 Å². The molecular weight excluding hydrogens is 671 g/mol. The molecule has 270 valence electrons. The topological polar surface area (TPSA) is 144 Å². The number of hydrogen-bond acceptors (Lipinski definition) is 9. The molecule has 0 spiro atoms. The zero-order valence-corrected chi connectivity index (χ0v) is 31.0. The third kappa shape index (κ3) is 7.15. The lowest BCUT2D eigenvalue weighted by Crippen LogP contribution is -2.48. The molecule has 1 saturated heterocycles. The van der Waals surface area contributed by atoms with Crippen LogP contribution in [0.3, 0.4) is 0 Å². The number of aromatic nitrogens is 3.